The van der Waals surface area contributed by atoms with E-state index in [1.165, 1.54) is 0 Å². The van der Waals surface area contributed by atoms with Gasteiger partial charge >= 0.3 is 0 Å². The molecule has 6 nitrogen and oxygen atoms in total. The Balaban J connectivity index is 1.33. The topological polar surface area (TPSA) is 80.9 Å². The van der Waals surface area contributed by atoms with Gasteiger partial charge in [-0.1, -0.05) is 36.2 Å². The van der Waals surface area contributed by atoms with Crippen LogP contribution in [0.3, 0.4) is 0 Å². The highest BCUT2D eigenvalue weighted by Gasteiger charge is 2.45. The number of aromatic nitrogens is 3. The quantitative estimate of drug-likeness (QED) is 0.584. The molecule has 0 bridgehead atoms. The van der Waals surface area contributed by atoms with Crippen LogP contribution < -0.4 is 5.32 Å². The predicted molar refractivity (Wildman–Crippen MR) is 114 cm³/mol. The Morgan fingerprint density at radius 3 is 2.70 bits per heavy atom. The van der Waals surface area contributed by atoms with Gasteiger partial charge in [0.1, 0.15) is 0 Å². The van der Waals surface area contributed by atoms with Crippen LogP contribution in [0.2, 0.25) is 5.02 Å². The summed E-state index contributed by atoms with van der Waals surface area (Å²) in [4.78, 5) is 16.4. The summed E-state index contributed by atoms with van der Waals surface area (Å²) in [5.74, 6) is 1.11. The van der Waals surface area contributed by atoms with E-state index in [-0.39, 0.29) is 17.4 Å². The maximum absolute atomic E-state index is 12.3. The number of carbonyl (C=O) groups is 1. The highest BCUT2D eigenvalue weighted by atomic mass is 35.5. The number of carbonyl (C=O) groups excluding carboxylic acids is 1. The van der Waals surface area contributed by atoms with E-state index in [1.807, 2.05) is 49.5 Å². The first-order valence-corrected chi connectivity index (χ1v) is 10.7. The third-order valence-corrected chi connectivity index (χ3v) is 5.97. The number of amides is 1. The van der Waals surface area contributed by atoms with E-state index in [1.54, 1.807) is 6.20 Å². The van der Waals surface area contributed by atoms with Gasteiger partial charge in [0.05, 0.1) is 5.41 Å². The van der Waals surface area contributed by atoms with Crippen molar-refractivity contribution in [3.63, 3.8) is 0 Å². The number of aryl methyl sites for hydroxylation is 1. The van der Waals surface area contributed by atoms with Gasteiger partial charge in [-0.3, -0.25) is 9.78 Å². The monoisotopic (exact) mass is 424 g/mol. The fourth-order valence-electron chi connectivity index (χ4n) is 3.96. The summed E-state index contributed by atoms with van der Waals surface area (Å²) in [6.07, 6.45) is 8.12. The minimum atomic E-state index is -0.226. The van der Waals surface area contributed by atoms with E-state index >= 15 is 0 Å². The molecule has 0 saturated heterocycles. The number of halogens is 1. The van der Waals surface area contributed by atoms with Crippen molar-refractivity contribution in [2.45, 2.75) is 56.9 Å². The number of hydrogen-bond donors (Lipinski definition) is 1. The molecule has 2 aromatic heterocycles. The van der Waals surface area contributed by atoms with Gasteiger partial charge in [0.25, 0.3) is 0 Å². The zero-order chi connectivity index (χ0) is 21.0. The summed E-state index contributed by atoms with van der Waals surface area (Å²) >= 11 is 6.03. The lowest BCUT2D eigenvalue weighted by molar-refractivity contribution is -0.121. The SMILES string of the molecule is CC(Cc1cccnc1)NC(=O)CCc1nnc(C2(c3ccc(Cl)cc3)CCC2)o1. The van der Waals surface area contributed by atoms with Gasteiger partial charge in [0.15, 0.2) is 0 Å². The zero-order valence-corrected chi connectivity index (χ0v) is 17.7. The van der Waals surface area contributed by atoms with Crippen molar-refractivity contribution >= 4 is 17.5 Å². The van der Waals surface area contributed by atoms with E-state index in [9.17, 15) is 4.79 Å². The molecule has 7 heteroatoms. The summed E-state index contributed by atoms with van der Waals surface area (Å²) in [7, 11) is 0. The van der Waals surface area contributed by atoms with Crippen molar-refractivity contribution in [2.24, 2.45) is 0 Å². The molecule has 156 valence electrons. The van der Waals surface area contributed by atoms with Crippen LogP contribution in [-0.4, -0.2) is 27.1 Å². The second-order valence-corrected chi connectivity index (χ2v) is 8.41. The summed E-state index contributed by atoms with van der Waals surface area (Å²) < 4.78 is 5.98. The van der Waals surface area contributed by atoms with Crippen LogP contribution in [0.15, 0.2) is 53.2 Å². The summed E-state index contributed by atoms with van der Waals surface area (Å²) in [5, 5.41) is 12.2. The van der Waals surface area contributed by atoms with E-state index in [0.29, 0.717) is 29.6 Å². The second kappa shape index (κ2) is 8.96. The standard InChI is InChI=1S/C23H25ClN4O2/c1-16(14-17-4-2-13-25-15-17)26-20(29)9-10-21-27-28-22(30-21)23(11-3-12-23)18-5-7-19(24)8-6-18/h2,4-8,13,15-16H,3,9-12,14H2,1H3,(H,26,29). The third kappa shape index (κ3) is 4.54. The molecular formula is C23H25ClN4O2. The lowest BCUT2D eigenvalue weighted by Gasteiger charge is -2.39. The summed E-state index contributed by atoms with van der Waals surface area (Å²) in [6, 6.07) is 11.8. The molecule has 4 rings (SSSR count). The lowest BCUT2D eigenvalue weighted by Crippen LogP contribution is -2.35. The van der Waals surface area contributed by atoms with Crippen LogP contribution in [0.4, 0.5) is 0 Å². The number of hydrogen-bond acceptors (Lipinski definition) is 5. The second-order valence-electron chi connectivity index (χ2n) is 7.98. The number of benzene rings is 1. The Labute approximate surface area is 181 Å². The molecule has 1 N–H and O–H groups in total. The molecule has 1 amide bonds. The van der Waals surface area contributed by atoms with Crippen molar-refractivity contribution in [3.8, 4) is 0 Å². The van der Waals surface area contributed by atoms with Gasteiger partial charge < -0.3 is 9.73 Å². The molecule has 30 heavy (non-hydrogen) atoms. The van der Waals surface area contributed by atoms with Crippen LogP contribution in [0.25, 0.3) is 0 Å². The molecule has 1 saturated carbocycles. The first kappa shape index (κ1) is 20.5. The summed E-state index contributed by atoms with van der Waals surface area (Å²) in [6.45, 7) is 1.99. The van der Waals surface area contributed by atoms with Gasteiger partial charge in [0, 0.05) is 36.3 Å². The molecule has 3 aromatic rings. The van der Waals surface area contributed by atoms with E-state index in [0.717, 1.165) is 36.8 Å². The highest BCUT2D eigenvalue weighted by molar-refractivity contribution is 6.30. The van der Waals surface area contributed by atoms with Crippen LogP contribution in [0.1, 0.15) is 55.5 Å². The minimum absolute atomic E-state index is 0.0257. The molecule has 0 aliphatic heterocycles. The van der Waals surface area contributed by atoms with Crippen LogP contribution in [-0.2, 0) is 23.1 Å². The van der Waals surface area contributed by atoms with E-state index < -0.39 is 0 Å². The van der Waals surface area contributed by atoms with E-state index in [2.05, 4.69) is 20.5 Å². The molecule has 1 unspecified atom stereocenters. The smallest absolute Gasteiger partial charge is 0.227 e. The first-order valence-electron chi connectivity index (χ1n) is 10.3. The largest absolute Gasteiger partial charge is 0.424 e. The van der Waals surface area contributed by atoms with Gasteiger partial charge in [-0.05, 0) is 55.5 Å². The summed E-state index contributed by atoms with van der Waals surface area (Å²) in [5.41, 5.74) is 2.02. The molecule has 2 heterocycles. The normalized spacial score (nSPS) is 15.9. The van der Waals surface area contributed by atoms with Crippen LogP contribution >= 0.6 is 11.6 Å². The molecule has 1 fully saturated rings. The average molecular weight is 425 g/mol. The molecular weight excluding hydrogens is 400 g/mol. The Bertz CT molecular complexity index is 984. The molecule has 0 radical (unpaired) electrons. The third-order valence-electron chi connectivity index (χ3n) is 5.72. The zero-order valence-electron chi connectivity index (χ0n) is 17.0. The van der Waals surface area contributed by atoms with Crippen LogP contribution in [0.5, 0.6) is 0 Å². The van der Waals surface area contributed by atoms with Crippen molar-refractivity contribution in [1.82, 2.24) is 20.5 Å². The van der Waals surface area contributed by atoms with Crippen molar-refractivity contribution < 1.29 is 9.21 Å². The Kier molecular flexibility index (Phi) is 6.13. The average Bonchev–Trinajstić information content (AvgIpc) is 3.17. The molecule has 1 aromatic carbocycles. The fraction of sp³-hybridized carbons (Fsp3) is 0.391. The Morgan fingerprint density at radius 1 is 1.23 bits per heavy atom. The maximum atomic E-state index is 12.3. The molecule has 1 atom stereocenters. The number of pyridine rings is 1. The molecule has 1 aliphatic rings. The predicted octanol–water partition coefficient (Wildman–Crippen LogP) is 4.27. The van der Waals surface area contributed by atoms with Gasteiger partial charge in [-0.2, -0.15) is 0 Å². The minimum Gasteiger partial charge on any atom is -0.424 e. The maximum Gasteiger partial charge on any atom is 0.227 e. The van der Waals surface area contributed by atoms with Gasteiger partial charge in [0.2, 0.25) is 17.7 Å². The van der Waals surface area contributed by atoms with E-state index in [4.69, 9.17) is 16.0 Å². The van der Waals surface area contributed by atoms with Crippen molar-refractivity contribution in [2.75, 3.05) is 0 Å². The molecule has 0 spiro atoms. The Hall–Kier alpha value is -2.73. The van der Waals surface area contributed by atoms with Crippen molar-refractivity contribution in [1.29, 1.82) is 0 Å². The fourth-order valence-corrected chi connectivity index (χ4v) is 4.09. The number of rotatable bonds is 8. The van der Waals surface area contributed by atoms with Gasteiger partial charge in [-0.15, -0.1) is 10.2 Å². The lowest BCUT2D eigenvalue weighted by atomic mass is 9.64. The van der Waals surface area contributed by atoms with Crippen LogP contribution in [0, 0.1) is 0 Å². The molecule has 1 aliphatic carbocycles. The Morgan fingerprint density at radius 2 is 2.03 bits per heavy atom. The first-order chi connectivity index (χ1) is 14.5. The number of nitrogens with zero attached hydrogens (tertiary/aromatic N) is 3. The highest BCUT2D eigenvalue weighted by Crippen LogP contribution is 2.48. The van der Waals surface area contributed by atoms with Gasteiger partial charge in [-0.25, -0.2) is 0 Å². The number of nitrogens with one attached hydrogen (secondary N) is 1. The van der Waals surface area contributed by atoms with Crippen molar-refractivity contribution in [3.05, 3.63) is 76.7 Å².